The smallest absolute Gasteiger partial charge is 0.481 e. The molecule has 1 aromatic rings. The van der Waals surface area contributed by atoms with Gasteiger partial charge in [0.1, 0.15) is 11.8 Å². The van der Waals surface area contributed by atoms with Gasteiger partial charge in [0.15, 0.2) is 6.61 Å². The maximum Gasteiger partial charge on any atom is 0.494 e. The van der Waals surface area contributed by atoms with Crippen molar-refractivity contribution in [2.45, 2.75) is 51.4 Å². The number of amides is 1. The zero-order valence-electron chi connectivity index (χ0n) is 20.4. The van der Waals surface area contributed by atoms with E-state index in [0.717, 1.165) is 14.2 Å². The minimum atomic E-state index is -1.29. The lowest BCUT2D eigenvalue weighted by Gasteiger charge is -2.32. The van der Waals surface area contributed by atoms with Crippen LogP contribution >= 0.6 is 0 Å². The Labute approximate surface area is 198 Å². The molecule has 2 rings (SSSR count). The van der Waals surface area contributed by atoms with Crippen molar-refractivity contribution in [3.63, 3.8) is 0 Å². The summed E-state index contributed by atoms with van der Waals surface area (Å²) < 4.78 is 31.4. The number of carbonyl (C=O) groups excluding carboxylic acids is 4. The summed E-state index contributed by atoms with van der Waals surface area (Å²) in [5.74, 6) is -2.92. The third-order valence-corrected chi connectivity index (χ3v) is 5.74. The SMILES string of the molecule is COC(=O)COc1cc(B2OC(C)(C)C(C)(C)O2)ccc1C(=O)NC(CC(=O)OC)C(=O)OC. The predicted octanol–water partition coefficient (Wildman–Crippen LogP) is 0.372. The fourth-order valence-corrected chi connectivity index (χ4v) is 2.99. The molecule has 0 bridgehead atoms. The van der Waals surface area contributed by atoms with Gasteiger partial charge in [-0.1, -0.05) is 6.07 Å². The molecule has 1 heterocycles. The summed E-state index contributed by atoms with van der Waals surface area (Å²) in [6.45, 7) is 7.14. The highest BCUT2D eigenvalue weighted by atomic mass is 16.7. The first-order valence-corrected chi connectivity index (χ1v) is 10.5. The van der Waals surface area contributed by atoms with Crippen LogP contribution in [0.5, 0.6) is 5.75 Å². The van der Waals surface area contributed by atoms with Crippen LogP contribution in [0.3, 0.4) is 0 Å². The van der Waals surface area contributed by atoms with E-state index >= 15 is 0 Å². The third-order valence-electron chi connectivity index (χ3n) is 5.74. The number of hydrogen-bond acceptors (Lipinski definition) is 10. The number of benzene rings is 1. The molecule has 0 aliphatic carbocycles. The van der Waals surface area contributed by atoms with Crippen LogP contribution in [0.2, 0.25) is 0 Å². The molecule has 0 aromatic heterocycles. The zero-order chi connectivity index (χ0) is 25.7. The molecule has 1 aliphatic rings. The van der Waals surface area contributed by atoms with Gasteiger partial charge < -0.3 is 33.6 Å². The van der Waals surface area contributed by atoms with Crippen molar-refractivity contribution in [2.24, 2.45) is 0 Å². The molecule has 186 valence electrons. The van der Waals surface area contributed by atoms with E-state index in [9.17, 15) is 19.2 Å². The predicted molar refractivity (Wildman–Crippen MR) is 120 cm³/mol. The summed E-state index contributed by atoms with van der Waals surface area (Å²) >= 11 is 0. The molecule has 1 amide bonds. The van der Waals surface area contributed by atoms with Crippen LogP contribution in [0.4, 0.5) is 0 Å². The van der Waals surface area contributed by atoms with Gasteiger partial charge in [0.25, 0.3) is 5.91 Å². The van der Waals surface area contributed by atoms with E-state index in [0.29, 0.717) is 5.46 Å². The van der Waals surface area contributed by atoms with Crippen molar-refractivity contribution in [1.29, 1.82) is 0 Å². The highest BCUT2D eigenvalue weighted by Crippen LogP contribution is 2.36. The number of ether oxygens (including phenoxy) is 4. The molecule has 1 aliphatic heterocycles. The largest absolute Gasteiger partial charge is 0.494 e. The van der Waals surface area contributed by atoms with Gasteiger partial charge in [0.2, 0.25) is 0 Å². The molecule has 34 heavy (non-hydrogen) atoms. The van der Waals surface area contributed by atoms with Crippen LogP contribution in [0.25, 0.3) is 0 Å². The normalized spacial score (nSPS) is 16.9. The fourth-order valence-electron chi connectivity index (χ4n) is 2.99. The van der Waals surface area contributed by atoms with Crippen LogP contribution in [-0.2, 0) is 37.9 Å². The topological polar surface area (TPSA) is 136 Å². The quantitative estimate of drug-likeness (QED) is 0.301. The Kier molecular flexibility index (Phi) is 8.68. The monoisotopic (exact) mass is 479 g/mol. The Balaban J connectivity index is 2.36. The van der Waals surface area contributed by atoms with Gasteiger partial charge in [0.05, 0.1) is 44.5 Å². The summed E-state index contributed by atoms with van der Waals surface area (Å²) in [6.07, 6.45) is -0.431. The Morgan fingerprint density at radius 1 is 0.941 bits per heavy atom. The van der Waals surface area contributed by atoms with Crippen LogP contribution in [0, 0.1) is 0 Å². The maximum atomic E-state index is 13.0. The van der Waals surface area contributed by atoms with E-state index in [-0.39, 0.29) is 11.3 Å². The first-order chi connectivity index (χ1) is 15.8. The van der Waals surface area contributed by atoms with Gasteiger partial charge >= 0.3 is 25.0 Å². The molecule has 12 heteroatoms. The summed E-state index contributed by atoms with van der Waals surface area (Å²) in [7, 11) is 2.74. The molecule has 1 N–H and O–H groups in total. The Hall–Kier alpha value is -3.12. The minimum Gasteiger partial charge on any atom is -0.481 e. The highest BCUT2D eigenvalue weighted by Gasteiger charge is 2.51. The molecular weight excluding hydrogens is 449 g/mol. The lowest BCUT2D eigenvalue weighted by atomic mass is 9.78. The lowest BCUT2D eigenvalue weighted by molar-refractivity contribution is -0.149. The summed E-state index contributed by atoms with van der Waals surface area (Å²) in [6, 6.07) is 3.26. The van der Waals surface area contributed by atoms with Gasteiger partial charge in [0, 0.05) is 0 Å². The molecule has 1 saturated heterocycles. The number of esters is 3. The number of carbonyl (C=O) groups is 4. The molecule has 0 saturated carbocycles. The van der Waals surface area contributed by atoms with Gasteiger partial charge in [-0.2, -0.15) is 0 Å². The second-order valence-corrected chi connectivity index (χ2v) is 8.54. The number of rotatable bonds is 9. The maximum absolute atomic E-state index is 13.0. The van der Waals surface area contributed by atoms with Crippen molar-refractivity contribution in [3.8, 4) is 5.75 Å². The van der Waals surface area contributed by atoms with Gasteiger partial charge in [-0.15, -0.1) is 0 Å². The molecular formula is C22H30BNO10. The zero-order valence-corrected chi connectivity index (χ0v) is 20.4. The fraction of sp³-hybridized carbons (Fsp3) is 0.545. The van der Waals surface area contributed by atoms with E-state index < -0.39 is 61.2 Å². The molecule has 1 unspecified atom stereocenters. The Morgan fingerprint density at radius 3 is 2.06 bits per heavy atom. The van der Waals surface area contributed by atoms with Gasteiger partial charge in [-0.3, -0.25) is 9.59 Å². The summed E-state index contributed by atoms with van der Waals surface area (Å²) in [4.78, 5) is 48.3. The van der Waals surface area contributed by atoms with Gasteiger partial charge in [-0.05, 0) is 45.3 Å². The molecule has 1 fully saturated rings. The van der Waals surface area contributed by atoms with Crippen LogP contribution in [-0.4, -0.2) is 76.1 Å². The second kappa shape index (κ2) is 10.9. The average Bonchev–Trinajstić information content (AvgIpc) is 3.02. The first-order valence-electron chi connectivity index (χ1n) is 10.5. The van der Waals surface area contributed by atoms with Crippen molar-refractivity contribution in [3.05, 3.63) is 23.8 Å². The molecule has 1 aromatic carbocycles. The van der Waals surface area contributed by atoms with Crippen LogP contribution in [0.15, 0.2) is 18.2 Å². The molecule has 11 nitrogen and oxygen atoms in total. The van der Waals surface area contributed by atoms with E-state index in [4.69, 9.17) is 14.0 Å². The van der Waals surface area contributed by atoms with E-state index in [1.165, 1.54) is 19.2 Å². The second-order valence-electron chi connectivity index (χ2n) is 8.54. The Morgan fingerprint density at radius 2 is 1.53 bits per heavy atom. The highest BCUT2D eigenvalue weighted by molar-refractivity contribution is 6.62. The average molecular weight is 479 g/mol. The third kappa shape index (κ3) is 6.26. The van der Waals surface area contributed by atoms with Crippen LogP contribution in [0.1, 0.15) is 44.5 Å². The van der Waals surface area contributed by atoms with Crippen LogP contribution < -0.4 is 15.5 Å². The van der Waals surface area contributed by atoms with Crippen molar-refractivity contribution in [1.82, 2.24) is 5.32 Å². The first kappa shape index (κ1) is 27.1. The van der Waals surface area contributed by atoms with Crippen molar-refractivity contribution in [2.75, 3.05) is 27.9 Å². The number of hydrogen-bond donors (Lipinski definition) is 1. The number of nitrogens with one attached hydrogen (secondary N) is 1. The molecule has 1 atom stereocenters. The standard InChI is InChI=1S/C22H30BNO10/c1-21(2)22(3,4)34-23(33-21)13-8-9-14(16(10-13)32-12-18(26)30-6)19(27)24-15(20(28)31-7)11-17(25)29-5/h8-10,15H,11-12H2,1-7H3,(H,24,27). The Bertz CT molecular complexity index is 930. The van der Waals surface area contributed by atoms with E-state index in [1.54, 1.807) is 6.07 Å². The van der Waals surface area contributed by atoms with Crippen molar-refractivity contribution >= 4 is 36.4 Å². The van der Waals surface area contributed by atoms with E-state index in [1.807, 2.05) is 27.7 Å². The van der Waals surface area contributed by atoms with Gasteiger partial charge in [-0.25, -0.2) is 9.59 Å². The summed E-state index contributed by atoms with van der Waals surface area (Å²) in [5.41, 5.74) is -0.637. The molecule has 0 radical (unpaired) electrons. The summed E-state index contributed by atoms with van der Waals surface area (Å²) in [5, 5.41) is 2.43. The minimum absolute atomic E-state index is 0.00272. The van der Waals surface area contributed by atoms with E-state index in [2.05, 4.69) is 19.5 Å². The molecule has 0 spiro atoms. The number of methoxy groups -OCH3 is 3. The van der Waals surface area contributed by atoms with Crippen molar-refractivity contribution < 1.29 is 47.4 Å². The lowest BCUT2D eigenvalue weighted by Crippen LogP contribution is -2.43.